The van der Waals surface area contributed by atoms with Gasteiger partial charge < -0.3 is 14.6 Å². The highest BCUT2D eigenvalue weighted by Gasteiger charge is 2.17. The number of hydrogen-bond donors (Lipinski definition) is 1. The molecule has 0 saturated heterocycles. The lowest BCUT2D eigenvalue weighted by Crippen LogP contribution is -1.97. The zero-order chi connectivity index (χ0) is 15.2. The van der Waals surface area contributed by atoms with E-state index in [1.807, 2.05) is 25.1 Å². The number of aromatic nitrogens is 1. The average Bonchev–Trinajstić information content (AvgIpc) is 2.91. The second-order valence-electron chi connectivity index (χ2n) is 4.57. The minimum absolute atomic E-state index is 0.0287. The first kappa shape index (κ1) is 15.8. The second kappa shape index (κ2) is 7.43. The number of aliphatic hydroxyl groups is 1. The van der Waals surface area contributed by atoms with Crippen molar-refractivity contribution in [3.63, 3.8) is 0 Å². The predicted molar refractivity (Wildman–Crippen MR) is 85.2 cm³/mol. The quantitative estimate of drug-likeness (QED) is 0.848. The molecule has 2 rings (SSSR count). The van der Waals surface area contributed by atoms with Gasteiger partial charge in [0.1, 0.15) is 5.01 Å². The van der Waals surface area contributed by atoms with Crippen LogP contribution in [0.25, 0.3) is 10.6 Å². The van der Waals surface area contributed by atoms with Crippen molar-refractivity contribution < 1.29 is 14.6 Å². The van der Waals surface area contributed by atoms with Gasteiger partial charge in [-0.1, -0.05) is 19.4 Å². The summed E-state index contributed by atoms with van der Waals surface area (Å²) in [7, 11) is 1.63. The van der Waals surface area contributed by atoms with Crippen molar-refractivity contribution in [1.82, 2.24) is 4.98 Å². The lowest BCUT2D eigenvalue weighted by Gasteiger charge is -2.12. The molecule has 0 atom stereocenters. The monoisotopic (exact) mass is 307 g/mol. The van der Waals surface area contributed by atoms with E-state index < -0.39 is 0 Å². The molecule has 0 aliphatic carbocycles. The molecule has 0 bridgehead atoms. The third kappa shape index (κ3) is 3.36. The van der Waals surface area contributed by atoms with Crippen molar-refractivity contribution >= 4 is 11.3 Å². The Morgan fingerprint density at radius 3 is 2.71 bits per heavy atom. The highest BCUT2D eigenvalue weighted by Crippen LogP contribution is 2.40. The second-order valence-corrected chi connectivity index (χ2v) is 5.65. The number of nitrogens with zero attached hydrogens (tertiary/aromatic N) is 1. The molecule has 0 radical (unpaired) electrons. The van der Waals surface area contributed by atoms with Crippen LogP contribution in [0, 0.1) is 0 Å². The fraction of sp³-hybridized carbons (Fsp3) is 0.438. The molecule has 0 fully saturated rings. The molecular weight excluding hydrogens is 286 g/mol. The van der Waals surface area contributed by atoms with Crippen LogP contribution in [0.5, 0.6) is 11.5 Å². The fourth-order valence-electron chi connectivity index (χ4n) is 2.19. The Bertz CT molecular complexity index is 595. The van der Waals surface area contributed by atoms with Crippen molar-refractivity contribution in [2.45, 2.75) is 33.3 Å². The summed E-state index contributed by atoms with van der Waals surface area (Å²) in [4.78, 5) is 5.61. The van der Waals surface area contributed by atoms with Crippen LogP contribution in [0.1, 0.15) is 30.8 Å². The number of benzene rings is 1. The predicted octanol–water partition coefficient (Wildman–Crippen LogP) is 3.66. The molecular formula is C16H21NO3S. The summed E-state index contributed by atoms with van der Waals surface area (Å²) in [6.45, 7) is 4.64. The van der Waals surface area contributed by atoms with E-state index in [1.165, 1.54) is 11.3 Å². The Hall–Kier alpha value is -1.59. The zero-order valence-corrected chi connectivity index (χ0v) is 13.5. The molecule has 1 aromatic carbocycles. The molecule has 0 spiro atoms. The van der Waals surface area contributed by atoms with Crippen LogP contribution >= 0.6 is 11.3 Å². The van der Waals surface area contributed by atoms with E-state index in [0.29, 0.717) is 18.1 Å². The van der Waals surface area contributed by atoms with Crippen molar-refractivity contribution in [3.8, 4) is 22.1 Å². The van der Waals surface area contributed by atoms with Gasteiger partial charge in [-0.3, -0.25) is 0 Å². The standard InChI is InChI=1S/C16H21NO3S/c1-4-7-12-14(10-18)21-16(17-12)11-8-6-9-13(19-3)15(11)20-5-2/h6,8-9,18H,4-5,7,10H2,1-3H3. The van der Waals surface area contributed by atoms with E-state index in [2.05, 4.69) is 11.9 Å². The van der Waals surface area contributed by atoms with Gasteiger partial charge in [0, 0.05) is 0 Å². The lowest BCUT2D eigenvalue weighted by atomic mass is 10.2. The van der Waals surface area contributed by atoms with E-state index in [4.69, 9.17) is 9.47 Å². The maximum absolute atomic E-state index is 9.49. The molecule has 0 saturated carbocycles. The lowest BCUT2D eigenvalue weighted by molar-refractivity contribution is 0.284. The first-order valence-corrected chi connectivity index (χ1v) is 7.96. The first-order valence-electron chi connectivity index (χ1n) is 7.14. The molecule has 0 unspecified atom stereocenters. The van der Waals surface area contributed by atoms with Gasteiger partial charge in [0.25, 0.3) is 0 Å². The van der Waals surface area contributed by atoms with Crippen LogP contribution < -0.4 is 9.47 Å². The van der Waals surface area contributed by atoms with Crippen molar-refractivity contribution in [1.29, 1.82) is 0 Å². The van der Waals surface area contributed by atoms with Gasteiger partial charge in [-0.2, -0.15) is 0 Å². The first-order chi connectivity index (χ1) is 10.2. The largest absolute Gasteiger partial charge is 0.493 e. The fourth-order valence-corrected chi connectivity index (χ4v) is 3.18. The van der Waals surface area contributed by atoms with Gasteiger partial charge in [0.15, 0.2) is 11.5 Å². The molecule has 114 valence electrons. The number of para-hydroxylation sites is 1. The number of aryl methyl sites for hydroxylation is 1. The van der Waals surface area contributed by atoms with Crippen LogP contribution in [-0.2, 0) is 13.0 Å². The normalized spacial score (nSPS) is 10.7. The summed E-state index contributed by atoms with van der Waals surface area (Å²) in [5.41, 5.74) is 1.89. The molecule has 2 aromatic rings. The number of aliphatic hydroxyl groups excluding tert-OH is 1. The summed E-state index contributed by atoms with van der Waals surface area (Å²) in [6.07, 6.45) is 1.88. The molecule has 1 aromatic heterocycles. The van der Waals surface area contributed by atoms with Crippen LogP contribution in [0.3, 0.4) is 0 Å². The summed E-state index contributed by atoms with van der Waals surface area (Å²) in [5, 5.41) is 10.4. The van der Waals surface area contributed by atoms with Gasteiger partial charge in [-0.25, -0.2) is 4.98 Å². The molecule has 5 heteroatoms. The average molecular weight is 307 g/mol. The van der Waals surface area contributed by atoms with Crippen LogP contribution in [0.2, 0.25) is 0 Å². The van der Waals surface area contributed by atoms with Crippen molar-refractivity contribution in [2.24, 2.45) is 0 Å². The Morgan fingerprint density at radius 2 is 2.10 bits per heavy atom. The van der Waals surface area contributed by atoms with Crippen LogP contribution in [0.4, 0.5) is 0 Å². The molecule has 1 N–H and O–H groups in total. The SMILES string of the molecule is CCCc1nc(-c2cccc(OC)c2OCC)sc1CO. The summed E-state index contributed by atoms with van der Waals surface area (Å²) in [5.74, 6) is 1.41. The molecule has 0 amide bonds. The number of methoxy groups -OCH3 is 1. The maximum atomic E-state index is 9.49. The smallest absolute Gasteiger partial charge is 0.171 e. The number of ether oxygens (including phenoxy) is 2. The van der Waals surface area contributed by atoms with Crippen LogP contribution in [-0.4, -0.2) is 23.8 Å². The van der Waals surface area contributed by atoms with Gasteiger partial charge in [-0.05, 0) is 25.5 Å². The van der Waals surface area contributed by atoms with Gasteiger partial charge in [0.2, 0.25) is 0 Å². The Morgan fingerprint density at radius 1 is 1.29 bits per heavy atom. The van der Waals surface area contributed by atoms with Gasteiger partial charge in [0.05, 0.1) is 36.5 Å². The van der Waals surface area contributed by atoms with Crippen LogP contribution in [0.15, 0.2) is 18.2 Å². The minimum atomic E-state index is 0.0287. The third-order valence-corrected chi connectivity index (χ3v) is 4.24. The van der Waals surface area contributed by atoms with Gasteiger partial charge >= 0.3 is 0 Å². The molecule has 0 aliphatic rings. The molecule has 4 nitrogen and oxygen atoms in total. The zero-order valence-electron chi connectivity index (χ0n) is 12.7. The number of hydrogen-bond acceptors (Lipinski definition) is 5. The summed E-state index contributed by atoms with van der Waals surface area (Å²) < 4.78 is 11.1. The topological polar surface area (TPSA) is 51.6 Å². The van der Waals surface area contributed by atoms with E-state index in [-0.39, 0.29) is 6.61 Å². The Balaban J connectivity index is 2.50. The minimum Gasteiger partial charge on any atom is -0.493 e. The highest BCUT2D eigenvalue weighted by atomic mass is 32.1. The Kier molecular flexibility index (Phi) is 5.59. The van der Waals surface area contributed by atoms with Crippen molar-refractivity contribution in [3.05, 3.63) is 28.8 Å². The third-order valence-electron chi connectivity index (χ3n) is 3.13. The van der Waals surface area contributed by atoms with E-state index in [9.17, 15) is 5.11 Å². The van der Waals surface area contributed by atoms with Gasteiger partial charge in [-0.15, -0.1) is 11.3 Å². The summed E-state index contributed by atoms with van der Waals surface area (Å²) >= 11 is 1.52. The summed E-state index contributed by atoms with van der Waals surface area (Å²) in [6, 6.07) is 5.78. The van der Waals surface area contributed by atoms with Crippen molar-refractivity contribution in [2.75, 3.05) is 13.7 Å². The molecule has 0 aliphatic heterocycles. The highest BCUT2D eigenvalue weighted by molar-refractivity contribution is 7.15. The van der Waals surface area contributed by atoms with E-state index in [1.54, 1.807) is 7.11 Å². The Labute approximate surface area is 129 Å². The number of rotatable bonds is 7. The number of thiazole rings is 1. The molecule has 21 heavy (non-hydrogen) atoms. The molecule has 1 heterocycles. The van der Waals surface area contributed by atoms with E-state index in [0.717, 1.165) is 34.0 Å². The maximum Gasteiger partial charge on any atom is 0.171 e. The van der Waals surface area contributed by atoms with E-state index >= 15 is 0 Å².